The van der Waals surface area contributed by atoms with Crippen LogP contribution in [0.2, 0.25) is 0 Å². The molecule has 0 bridgehead atoms. The highest BCUT2D eigenvalue weighted by Gasteiger charge is 2.18. The monoisotopic (exact) mass is 239 g/mol. The van der Waals surface area contributed by atoms with Crippen molar-refractivity contribution in [3.8, 4) is 11.5 Å². The fourth-order valence-corrected chi connectivity index (χ4v) is 1.64. The zero-order chi connectivity index (χ0) is 13.0. The number of aliphatic hydroxyl groups is 1. The number of ether oxygens (including phenoxy) is 2. The van der Waals surface area contributed by atoms with Gasteiger partial charge >= 0.3 is 0 Å². The van der Waals surface area contributed by atoms with Gasteiger partial charge in [0.25, 0.3) is 5.91 Å². The Bertz CT molecular complexity index is 417. The molecule has 0 spiro atoms. The summed E-state index contributed by atoms with van der Waals surface area (Å²) in [5, 5.41) is 8.84. The van der Waals surface area contributed by atoms with Crippen molar-refractivity contribution in [1.29, 1.82) is 0 Å². The maximum Gasteiger partial charge on any atom is 0.252 e. The maximum atomic E-state index is 11.4. The van der Waals surface area contributed by atoms with E-state index in [0.717, 1.165) is 5.56 Å². The lowest BCUT2D eigenvalue weighted by Crippen LogP contribution is -2.29. The van der Waals surface area contributed by atoms with E-state index in [-0.39, 0.29) is 0 Å². The molecule has 0 aliphatic rings. The van der Waals surface area contributed by atoms with Gasteiger partial charge in [0.1, 0.15) is 18.1 Å². The number of carbonyl (C=O) groups excluding carboxylic acids is 1. The van der Waals surface area contributed by atoms with Crippen molar-refractivity contribution in [2.45, 2.75) is 6.92 Å². The van der Waals surface area contributed by atoms with Crippen LogP contribution in [0.25, 0.3) is 0 Å². The largest absolute Gasteiger partial charge is 0.496 e. The molecule has 17 heavy (non-hydrogen) atoms. The lowest BCUT2D eigenvalue weighted by molar-refractivity contribution is -0.120. The van der Waals surface area contributed by atoms with E-state index in [0.29, 0.717) is 17.2 Å². The van der Waals surface area contributed by atoms with Crippen molar-refractivity contribution in [3.05, 3.63) is 17.7 Å². The van der Waals surface area contributed by atoms with Crippen LogP contribution < -0.4 is 14.4 Å². The van der Waals surface area contributed by atoms with Gasteiger partial charge in [-0.05, 0) is 19.1 Å². The van der Waals surface area contributed by atoms with Crippen LogP contribution in [0.15, 0.2) is 12.1 Å². The first-order chi connectivity index (χ1) is 8.06. The van der Waals surface area contributed by atoms with Gasteiger partial charge in [-0.15, -0.1) is 0 Å². The van der Waals surface area contributed by atoms with Crippen LogP contribution >= 0.6 is 0 Å². The van der Waals surface area contributed by atoms with E-state index in [1.807, 2.05) is 6.92 Å². The number of carbonyl (C=O) groups is 1. The Hall–Kier alpha value is -1.75. The van der Waals surface area contributed by atoms with E-state index >= 15 is 0 Å². The Morgan fingerprint density at radius 2 is 2.00 bits per heavy atom. The lowest BCUT2D eigenvalue weighted by Gasteiger charge is -2.21. The van der Waals surface area contributed by atoms with E-state index < -0.39 is 12.5 Å². The highest BCUT2D eigenvalue weighted by molar-refractivity contribution is 5.95. The molecule has 0 heterocycles. The maximum absolute atomic E-state index is 11.4. The van der Waals surface area contributed by atoms with Crippen molar-refractivity contribution < 1.29 is 19.4 Å². The molecule has 1 amide bonds. The zero-order valence-corrected chi connectivity index (χ0v) is 10.5. The molecule has 0 saturated carbocycles. The molecule has 0 aliphatic carbocycles. The van der Waals surface area contributed by atoms with Crippen LogP contribution in [-0.2, 0) is 4.79 Å². The average Bonchev–Trinajstić information content (AvgIpc) is 2.36. The van der Waals surface area contributed by atoms with Gasteiger partial charge in [0.15, 0.2) is 0 Å². The predicted molar refractivity (Wildman–Crippen MR) is 64.8 cm³/mol. The van der Waals surface area contributed by atoms with Crippen molar-refractivity contribution in [2.75, 3.05) is 32.8 Å². The molecule has 94 valence electrons. The quantitative estimate of drug-likeness (QED) is 0.850. The zero-order valence-electron chi connectivity index (χ0n) is 10.5. The number of anilines is 1. The van der Waals surface area contributed by atoms with Gasteiger partial charge in [0.2, 0.25) is 0 Å². The minimum atomic E-state index is -0.537. The summed E-state index contributed by atoms with van der Waals surface area (Å²) in [5.41, 5.74) is 1.41. The van der Waals surface area contributed by atoms with Crippen LogP contribution in [0.1, 0.15) is 5.56 Å². The SMILES string of the molecule is COc1ccc(N(C)C(=O)CO)c(OC)c1C. The van der Waals surface area contributed by atoms with Crippen LogP contribution in [0.3, 0.4) is 0 Å². The van der Waals surface area contributed by atoms with Crippen LogP contribution in [0, 0.1) is 6.92 Å². The molecule has 0 aromatic heterocycles. The summed E-state index contributed by atoms with van der Waals surface area (Å²) in [5.74, 6) is 0.858. The van der Waals surface area contributed by atoms with Crippen LogP contribution in [-0.4, -0.2) is 38.9 Å². The minimum absolute atomic E-state index is 0.395. The normalized spacial score (nSPS) is 9.94. The van der Waals surface area contributed by atoms with Crippen molar-refractivity contribution >= 4 is 11.6 Å². The van der Waals surface area contributed by atoms with Gasteiger partial charge in [0.05, 0.1) is 19.9 Å². The standard InChI is InChI=1S/C12H17NO4/c1-8-10(16-3)6-5-9(12(8)17-4)13(2)11(15)7-14/h5-6,14H,7H2,1-4H3. The molecule has 5 heteroatoms. The minimum Gasteiger partial charge on any atom is -0.496 e. The summed E-state index contributed by atoms with van der Waals surface area (Å²) in [4.78, 5) is 12.8. The Labute approximate surface area is 101 Å². The van der Waals surface area contributed by atoms with Gasteiger partial charge in [-0.25, -0.2) is 0 Å². The lowest BCUT2D eigenvalue weighted by atomic mass is 10.1. The van der Waals surface area contributed by atoms with Crippen molar-refractivity contribution in [2.24, 2.45) is 0 Å². The molecule has 5 nitrogen and oxygen atoms in total. The van der Waals surface area contributed by atoms with Crippen molar-refractivity contribution in [3.63, 3.8) is 0 Å². The Kier molecular flexibility index (Phi) is 4.34. The number of hydrogen-bond donors (Lipinski definition) is 1. The first-order valence-electron chi connectivity index (χ1n) is 5.15. The predicted octanol–water partition coefficient (Wildman–Crippen LogP) is 0.967. The van der Waals surface area contributed by atoms with Crippen LogP contribution in [0.5, 0.6) is 11.5 Å². The number of rotatable bonds is 4. The number of benzene rings is 1. The van der Waals surface area contributed by atoms with E-state index in [4.69, 9.17) is 14.6 Å². The molecule has 0 aliphatic heterocycles. The molecular formula is C12H17NO4. The second kappa shape index (κ2) is 5.54. The molecule has 0 fully saturated rings. The third-order valence-corrected chi connectivity index (χ3v) is 2.63. The fraction of sp³-hybridized carbons (Fsp3) is 0.417. The third-order valence-electron chi connectivity index (χ3n) is 2.63. The second-order valence-corrected chi connectivity index (χ2v) is 3.56. The summed E-state index contributed by atoms with van der Waals surface area (Å²) in [6.45, 7) is 1.31. The summed E-state index contributed by atoms with van der Waals surface area (Å²) < 4.78 is 10.5. The number of methoxy groups -OCH3 is 2. The van der Waals surface area contributed by atoms with Gasteiger partial charge in [0, 0.05) is 12.6 Å². The number of aliphatic hydroxyl groups excluding tert-OH is 1. The highest BCUT2D eigenvalue weighted by atomic mass is 16.5. The summed E-state index contributed by atoms with van der Waals surface area (Å²) in [6.07, 6.45) is 0. The number of likely N-dealkylation sites (N-methyl/N-ethyl adjacent to an activating group) is 1. The van der Waals surface area contributed by atoms with Crippen molar-refractivity contribution in [1.82, 2.24) is 0 Å². The Morgan fingerprint density at radius 3 is 2.47 bits per heavy atom. The molecule has 1 aromatic carbocycles. The first-order valence-corrected chi connectivity index (χ1v) is 5.15. The van der Waals surface area contributed by atoms with Gasteiger partial charge < -0.3 is 19.5 Å². The fourth-order valence-electron chi connectivity index (χ4n) is 1.64. The number of amides is 1. The molecule has 1 aromatic rings. The average molecular weight is 239 g/mol. The molecule has 0 saturated heterocycles. The van der Waals surface area contributed by atoms with Gasteiger partial charge in [-0.2, -0.15) is 0 Å². The summed E-state index contributed by atoms with van der Waals surface area (Å²) >= 11 is 0. The summed E-state index contributed by atoms with van der Waals surface area (Å²) in [7, 11) is 4.69. The number of hydrogen-bond acceptors (Lipinski definition) is 4. The van der Waals surface area contributed by atoms with E-state index in [1.165, 1.54) is 12.0 Å². The third kappa shape index (κ3) is 2.50. The van der Waals surface area contributed by atoms with E-state index in [1.54, 1.807) is 26.3 Å². The topological polar surface area (TPSA) is 59.0 Å². The molecule has 0 unspecified atom stereocenters. The number of nitrogens with zero attached hydrogens (tertiary/aromatic N) is 1. The first kappa shape index (κ1) is 13.3. The Balaban J connectivity index is 3.25. The smallest absolute Gasteiger partial charge is 0.252 e. The van der Waals surface area contributed by atoms with Gasteiger partial charge in [-0.1, -0.05) is 0 Å². The molecule has 1 N–H and O–H groups in total. The highest BCUT2D eigenvalue weighted by Crippen LogP contribution is 2.36. The second-order valence-electron chi connectivity index (χ2n) is 3.56. The molecule has 0 radical (unpaired) electrons. The molecule has 0 atom stereocenters. The molecule has 1 rings (SSSR count). The summed E-state index contributed by atoms with van der Waals surface area (Å²) in [6, 6.07) is 3.48. The van der Waals surface area contributed by atoms with E-state index in [9.17, 15) is 4.79 Å². The Morgan fingerprint density at radius 1 is 1.35 bits per heavy atom. The van der Waals surface area contributed by atoms with E-state index in [2.05, 4.69) is 0 Å². The van der Waals surface area contributed by atoms with Gasteiger partial charge in [-0.3, -0.25) is 4.79 Å². The van der Waals surface area contributed by atoms with Crippen LogP contribution in [0.4, 0.5) is 5.69 Å². The molecular weight excluding hydrogens is 222 g/mol.